The Bertz CT molecular complexity index is 866. The number of aliphatic imine (C=N–C) groups is 2. The molecule has 2 aliphatic rings. The van der Waals surface area contributed by atoms with E-state index in [1.807, 2.05) is 4.90 Å². The topological polar surface area (TPSA) is 127 Å². The van der Waals surface area contributed by atoms with Gasteiger partial charge in [-0.1, -0.05) is 11.6 Å². The number of aliphatic hydroxyl groups excluding tert-OH is 1. The van der Waals surface area contributed by atoms with Crippen LogP contribution in [-0.2, 0) is 0 Å². The number of nitrogens with zero attached hydrogens (tertiary/aromatic N) is 3. The summed E-state index contributed by atoms with van der Waals surface area (Å²) in [4.78, 5) is 23.4. The maximum absolute atomic E-state index is 12.1. The SMILES string of the molecule is CC(C)N1C=NC2=C(Nc3ccc(C(=O)NCCN)c(Cl)c3)NC(CCO)=NC21. The Kier molecular flexibility index (Phi) is 6.73. The maximum atomic E-state index is 12.1. The number of hydrogen-bond acceptors (Lipinski definition) is 8. The van der Waals surface area contributed by atoms with Crippen LogP contribution < -0.4 is 21.7 Å². The molecule has 1 amide bonds. The highest BCUT2D eigenvalue weighted by atomic mass is 35.5. The van der Waals surface area contributed by atoms with Crippen molar-refractivity contribution >= 4 is 35.4 Å². The standard InChI is InChI=1S/C19H26ClN7O2/c1-11(2)27-10-23-16-17(25-15(5-8-28)26-18(16)27)24-12-3-4-13(14(20)9-12)19(29)22-7-6-21/h3-4,9-11,18,24,28H,5-8,21H2,1-2H3,(H,22,29)(H,25,26). The van der Waals surface area contributed by atoms with E-state index in [9.17, 15) is 9.90 Å². The van der Waals surface area contributed by atoms with E-state index in [1.165, 1.54) is 0 Å². The Morgan fingerprint density at radius 3 is 2.90 bits per heavy atom. The number of nitrogens with two attached hydrogens (primary N) is 1. The van der Waals surface area contributed by atoms with E-state index >= 15 is 0 Å². The van der Waals surface area contributed by atoms with Crippen LogP contribution >= 0.6 is 11.6 Å². The fourth-order valence-electron chi connectivity index (χ4n) is 3.06. The van der Waals surface area contributed by atoms with E-state index in [0.29, 0.717) is 47.4 Å². The largest absolute Gasteiger partial charge is 0.396 e. The summed E-state index contributed by atoms with van der Waals surface area (Å²) in [6.45, 7) is 4.87. The van der Waals surface area contributed by atoms with E-state index in [2.05, 4.69) is 39.8 Å². The molecule has 0 spiro atoms. The molecule has 1 unspecified atom stereocenters. The van der Waals surface area contributed by atoms with Crippen LogP contribution in [0.5, 0.6) is 0 Å². The van der Waals surface area contributed by atoms with Gasteiger partial charge < -0.3 is 31.7 Å². The molecular weight excluding hydrogens is 394 g/mol. The lowest BCUT2D eigenvalue weighted by molar-refractivity contribution is 0.0955. The van der Waals surface area contributed by atoms with Gasteiger partial charge >= 0.3 is 0 Å². The Morgan fingerprint density at radius 1 is 1.45 bits per heavy atom. The molecule has 0 saturated carbocycles. The summed E-state index contributed by atoms with van der Waals surface area (Å²) in [5, 5.41) is 18.8. The summed E-state index contributed by atoms with van der Waals surface area (Å²) < 4.78 is 0. The van der Waals surface area contributed by atoms with Crippen LogP contribution in [0.25, 0.3) is 0 Å². The zero-order valence-electron chi connectivity index (χ0n) is 16.4. The molecular formula is C19H26ClN7O2. The van der Waals surface area contributed by atoms with Gasteiger partial charge in [0.05, 0.1) is 23.5 Å². The van der Waals surface area contributed by atoms with Crippen LogP contribution in [0, 0.1) is 0 Å². The van der Waals surface area contributed by atoms with Crippen molar-refractivity contribution in [1.29, 1.82) is 0 Å². The predicted octanol–water partition coefficient (Wildman–Crippen LogP) is 1.07. The first-order valence-corrected chi connectivity index (χ1v) is 9.87. The number of fused-ring (bicyclic) bond motifs is 1. The molecule has 2 aliphatic heterocycles. The molecule has 9 nitrogen and oxygen atoms in total. The van der Waals surface area contributed by atoms with E-state index < -0.39 is 0 Å². The van der Waals surface area contributed by atoms with Crippen LogP contribution in [0.4, 0.5) is 5.69 Å². The molecule has 0 aliphatic carbocycles. The number of rotatable bonds is 8. The first kappa shape index (κ1) is 21.1. The molecule has 0 saturated heterocycles. The predicted molar refractivity (Wildman–Crippen MR) is 115 cm³/mol. The van der Waals surface area contributed by atoms with Crippen LogP contribution in [-0.4, -0.2) is 60.0 Å². The molecule has 29 heavy (non-hydrogen) atoms. The molecule has 0 aromatic heterocycles. The number of hydrogen-bond donors (Lipinski definition) is 5. The van der Waals surface area contributed by atoms with Crippen molar-refractivity contribution in [2.75, 3.05) is 25.0 Å². The molecule has 1 aromatic rings. The Labute approximate surface area is 174 Å². The molecule has 2 heterocycles. The normalized spacial score (nSPS) is 17.9. The molecule has 10 heteroatoms. The number of nitrogens with one attached hydrogen (secondary N) is 3. The van der Waals surface area contributed by atoms with E-state index in [4.69, 9.17) is 17.3 Å². The third-order valence-corrected chi connectivity index (χ3v) is 4.83. The zero-order valence-corrected chi connectivity index (χ0v) is 17.2. The number of halogens is 1. The summed E-state index contributed by atoms with van der Waals surface area (Å²) >= 11 is 6.31. The summed E-state index contributed by atoms with van der Waals surface area (Å²) in [5.74, 6) is 1.07. The minimum atomic E-state index is -0.268. The molecule has 156 valence electrons. The molecule has 3 rings (SSSR count). The molecule has 0 fully saturated rings. The highest BCUT2D eigenvalue weighted by Crippen LogP contribution is 2.28. The Balaban J connectivity index is 1.83. The average molecular weight is 420 g/mol. The molecule has 1 aromatic carbocycles. The van der Waals surface area contributed by atoms with Crippen LogP contribution in [0.3, 0.4) is 0 Å². The van der Waals surface area contributed by atoms with Gasteiger partial charge in [0.1, 0.15) is 17.4 Å². The lowest BCUT2D eigenvalue weighted by Crippen LogP contribution is -2.42. The second-order valence-electron chi connectivity index (χ2n) is 6.96. The minimum Gasteiger partial charge on any atom is -0.396 e. The monoisotopic (exact) mass is 419 g/mol. The third-order valence-electron chi connectivity index (χ3n) is 4.52. The lowest BCUT2D eigenvalue weighted by atomic mass is 10.1. The van der Waals surface area contributed by atoms with E-state index in [-0.39, 0.29) is 24.7 Å². The van der Waals surface area contributed by atoms with Crippen LogP contribution in [0.15, 0.2) is 39.7 Å². The number of anilines is 1. The number of amides is 1. The first-order chi connectivity index (χ1) is 13.9. The number of aliphatic hydroxyl groups is 1. The van der Waals surface area contributed by atoms with E-state index in [1.54, 1.807) is 24.5 Å². The van der Waals surface area contributed by atoms with Crippen molar-refractivity contribution < 1.29 is 9.90 Å². The summed E-state index contributed by atoms with van der Waals surface area (Å²) in [6.07, 6.45) is 1.93. The highest BCUT2D eigenvalue weighted by Gasteiger charge is 2.33. The quantitative estimate of drug-likeness (QED) is 0.429. The third kappa shape index (κ3) is 4.69. The maximum Gasteiger partial charge on any atom is 0.252 e. The second kappa shape index (κ2) is 9.25. The zero-order chi connectivity index (χ0) is 21.0. The van der Waals surface area contributed by atoms with Gasteiger partial charge in [0.2, 0.25) is 0 Å². The van der Waals surface area contributed by atoms with Crippen molar-refractivity contribution in [1.82, 2.24) is 15.5 Å². The smallest absolute Gasteiger partial charge is 0.252 e. The average Bonchev–Trinajstić information content (AvgIpc) is 3.11. The molecule has 1 atom stereocenters. The second-order valence-corrected chi connectivity index (χ2v) is 7.37. The van der Waals surface area contributed by atoms with Gasteiger partial charge in [0.15, 0.2) is 6.17 Å². The fraction of sp³-hybridized carbons (Fsp3) is 0.421. The van der Waals surface area contributed by atoms with Crippen molar-refractivity contribution in [3.05, 3.63) is 40.3 Å². The van der Waals surface area contributed by atoms with Crippen molar-refractivity contribution in [3.8, 4) is 0 Å². The molecule has 0 radical (unpaired) electrons. The Hall–Kier alpha value is -2.62. The summed E-state index contributed by atoms with van der Waals surface area (Å²) in [7, 11) is 0. The van der Waals surface area contributed by atoms with Gasteiger partial charge in [0.25, 0.3) is 5.91 Å². The van der Waals surface area contributed by atoms with Gasteiger partial charge in [-0.25, -0.2) is 9.98 Å². The molecule has 0 bridgehead atoms. The van der Waals surface area contributed by atoms with Gasteiger partial charge in [-0.2, -0.15) is 0 Å². The lowest BCUT2D eigenvalue weighted by Gasteiger charge is -2.30. The Morgan fingerprint density at radius 2 is 2.24 bits per heavy atom. The number of benzene rings is 1. The van der Waals surface area contributed by atoms with Gasteiger partial charge in [0, 0.05) is 31.2 Å². The van der Waals surface area contributed by atoms with Gasteiger partial charge in [-0.15, -0.1) is 0 Å². The van der Waals surface area contributed by atoms with Crippen LogP contribution in [0.2, 0.25) is 5.02 Å². The van der Waals surface area contributed by atoms with Gasteiger partial charge in [-0.3, -0.25) is 4.79 Å². The minimum absolute atomic E-state index is 0.0118. The first-order valence-electron chi connectivity index (χ1n) is 9.49. The summed E-state index contributed by atoms with van der Waals surface area (Å²) in [6, 6.07) is 5.33. The van der Waals surface area contributed by atoms with E-state index in [0.717, 1.165) is 5.70 Å². The fourth-order valence-corrected chi connectivity index (χ4v) is 3.32. The highest BCUT2D eigenvalue weighted by molar-refractivity contribution is 6.34. The number of amidine groups is 1. The van der Waals surface area contributed by atoms with Crippen LogP contribution in [0.1, 0.15) is 30.6 Å². The summed E-state index contributed by atoms with van der Waals surface area (Å²) in [5.41, 5.74) is 7.24. The number of carbonyl (C=O) groups is 1. The van der Waals surface area contributed by atoms with Crippen molar-refractivity contribution in [3.63, 3.8) is 0 Å². The molecule has 6 N–H and O–H groups in total. The number of carbonyl (C=O) groups excluding carboxylic acids is 1. The van der Waals surface area contributed by atoms with Crippen molar-refractivity contribution in [2.24, 2.45) is 15.7 Å². The van der Waals surface area contributed by atoms with Crippen molar-refractivity contribution in [2.45, 2.75) is 32.5 Å². The van der Waals surface area contributed by atoms with Gasteiger partial charge in [-0.05, 0) is 32.0 Å².